The van der Waals surface area contributed by atoms with E-state index in [1.54, 1.807) is 7.05 Å². The third kappa shape index (κ3) is 2.51. The molecule has 6 heteroatoms. The molecule has 1 aliphatic heterocycles. The van der Waals surface area contributed by atoms with Crippen LogP contribution < -0.4 is 11.2 Å². The van der Waals surface area contributed by atoms with E-state index in [2.05, 4.69) is 19.1 Å². The fourth-order valence-corrected chi connectivity index (χ4v) is 4.97. The lowest BCUT2D eigenvalue weighted by Gasteiger charge is -2.30. The molecule has 156 valence electrons. The molecule has 2 aromatic carbocycles. The first-order valence-corrected chi connectivity index (χ1v) is 10.3. The molecule has 0 unspecified atom stereocenters. The Balaban J connectivity index is 1.92. The fourth-order valence-electron chi connectivity index (χ4n) is 4.97. The van der Waals surface area contributed by atoms with Gasteiger partial charge < -0.3 is 0 Å². The number of hydrogen-bond donors (Lipinski definition) is 0. The van der Waals surface area contributed by atoms with Crippen molar-refractivity contribution in [2.75, 3.05) is 0 Å². The first-order valence-electron chi connectivity index (χ1n) is 10.3. The molecule has 6 nitrogen and oxygen atoms in total. The van der Waals surface area contributed by atoms with E-state index in [0.717, 1.165) is 26.8 Å². The average Bonchev–Trinajstić information content (AvgIpc) is 3.05. The summed E-state index contributed by atoms with van der Waals surface area (Å²) >= 11 is 0. The van der Waals surface area contributed by atoms with Gasteiger partial charge in [0.2, 0.25) is 0 Å². The van der Waals surface area contributed by atoms with Crippen molar-refractivity contribution in [3.05, 3.63) is 96.2 Å². The normalized spacial score (nSPS) is 19.0. The van der Waals surface area contributed by atoms with Gasteiger partial charge in [0.1, 0.15) is 5.82 Å². The summed E-state index contributed by atoms with van der Waals surface area (Å²) in [5.41, 5.74) is 5.90. The standard InChI is InChI=1S/C25H23N3O3/c1-12-10-15(11-13(2)14(12)3)18-19-21(16-8-6-7-9-17(16)22(19)29)26-23-20(18)24(30)28(5)25(31)27(23)4/h6-11,18-19H,1-5H3/t18-,19-/m0/s1. The van der Waals surface area contributed by atoms with Crippen LogP contribution in [0, 0.1) is 26.7 Å². The third-order valence-corrected chi connectivity index (χ3v) is 6.89. The number of aryl methyl sites for hydroxylation is 2. The van der Waals surface area contributed by atoms with Crippen LogP contribution in [-0.4, -0.2) is 20.6 Å². The number of fused-ring (bicyclic) bond motifs is 4. The van der Waals surface area contributed by atoms with Crippen LogP contribution in [0.1, 0.15) is 49.7 Å². The number of ketones is 1. The first kappa shape index (κ1) is 19.4. The van der Waals surface area contributed by atoms with Gasteiger partial charge in [-0.05, 0) is 43.0 Å². The maximum Gasteiger partial charge on any atom is 0.332 e. The number of carbonyl (C=O) groups is 1. The lowest BCUT2D eigenvalue weighted by atomic mass is 9.75. The maximum atomic E-state index is 13.6. The molecule has 0 bridgehead atoms. The molecule has 0 saturated carbocycles. The Hall–Kier alpha value is -3.54. The summed E-state index contributed by atoms with van der Waals surface area (Å²) in [6.45, 7) is 6.14. The Kier molecular flexibility index (Phi) is 4.06. The predicted octanol–water partition coefficient (Wildman–Crippen LogP) is 3.09. The van der Waals surface area contributed by atoms with Crippen molar-refractivity contribution in [3.8, 4) is 0 Å². The Bertz CT molecular complexity index is 1430. The molecule has 2 aliphatic rings. The zero-order chi connectivity index (χ0) is 22.2. The van der Waals surface area contributed by atoms with E-state index in [4.69, 9.17) is 4.99 Å². The highest BCUT2D eigenvalue weighted by Gasteiger charge is 2.47. The van der Waals surface area contributed by atoms with Crippen LogP contribution in [0.5, 0.6) is 0 Å². The Labute approximate surface area is 179 Å². The second kappa shape index (κ2) is 6.48. The lowest BCUT2D eigenvalue weighted by Crippen LogP contribution is -2.43. The summed E-state index contributed by atoms with van der Waals surface area (Å²) in [6.07, 6.45) is 0. The van der Waals surface area contributed by atoms with E-state index in [1.807, 2.05) is 38.1 Å². The van der Waals surface area contributed by atoms with Gasteiger partial charge in [-0.1, -0.05) is 36.4 Å². The van der Waals surface area contributed by atoms with Gasteiger partial charge in [0.05, 0.1) is 17.2 Å². The zero-order valence-electron chi connectivity index (χ0n) is 18.2. The molecular formula is C25H23N3O3. The molecule has 3 aromatic rings. The van der Waals surface area contributed by atoms with Crippen LogP contribution in [0.4, 0.5) is 5.82 Å². The van der Waals surface area contributed by atoms with Gasteiger partial charge in [-0.25, -0.2) is 9.79 Å². The van der Waals surface area contributed by atoms with Gasteiger partial charge in [0, 0.05) is 31.1 Å². The molecule has 2 heterocycles. The molecule has 0 radical (unpaired) electrons. The van der Waals surface area contributed by atoms with Crippen LogP contribution in [0.15, 0.2) is 51.0 Å². The Morgan fingerprint density at radius 3 is 2.10 bits per heavy atom. The number of nitrogens with zero attached hydrogens (tertiary/aromatic N) is 3. The quantitative estimate of drug-likeness (QED) is 0.615. The fraction of sp³-hybridized carbons (Fsp3) is 0.280. The van der Waals surface area contributed by atoms with Gasteiger partial charge in [-0.2, -0.15) is 0 Å². The number of aliphatic imine (C=N–C) groups is 1. The van der Waals surface area contributed by atoms with Crippen molar-refractivity contribution in [1.82, 2.24) is 9.13 Å². The first-order chi connectivity index (χ1) is 14.7. The van der Waals surface area contributed by atoms with Gasteiger partial charge >= 0.3 is 5.69 Å². The molecule has 0 spiro atoms. The van der Waals surface area contributed by atoms with Crippen LogP contribution >= 0.6 is 0 Å². The van der Waals surface area contributed by atoms with Crippen molar-refractivity contribution in [3.63, 3.8) is 0 Å². The van der Waals surface area contributed by atoms with Gasteiger partial charge in [-0.15, -0.1) is 0 Å². The topological polar surface area (TPSA) is 73.4 Å². The van der Waals surface area contributed by atoms with E-state index in [-0.39, 0.29) is 5.78 Å². The third-order valence-electron chi connectivity index (χ3n) is 6.89. The predicted molar refractivity (Wildman–Crippen MR) is 120 cm³/mol. The summed E-state index contributed by atoms with van der Waals surface area (Å²) in [5.74, 6) is -0.788. The number of hydrogen-bond acceptors (Lipinski definition) is 4. The van der Waals surface area contributed by atoms with Crippen molar-refractivity contribution in [2.45, 2.75) is 26.7 Å². The summed E-state index contributed by atoms with van der Waals surface area (Å²) in [6, 6.07) is 11.5. The summed E-state index contributed by atoms with van der Waals surface area (Å²) in [7, 11) is 3.09. The van der Waals surface area contributed by atoms with Crippen molar-refractivity contribution >= 4 is 17.3 Å². The summed E-state index contributed by atoms with van der Waals surface area (Å²) in [4.78, 5) is 44.3. The molecule has 31 heavy (non-hydrogen) atoms. The van der Waals surface area contributed by atoms with Crippen molar-refractivity contribution in [2.24, 2.45) is 25.0 Å². The number of carbonyl (C=O) groups excluding carboxylic acids is 1. The number of rotatable bonds is 1. The second-order valence-electron chi connectivity index (χ2n) is 8.58. The van der Waals surface area contributed by atoms with E-state index in [0.29, 0.717) is 22.7 Å². The molecular weight excluding hydrogens is 390 g/mol. The summed E-state index contributed by atoms with van der Waals surface area (Å²) < 4.78 is 2.51. The Morgan fingerprint density at radius 1 is 0.839 bits per heavy atom. The highest BCUT2D eigenvalue weighted by molar-refractivity contribution is 6.30. The van der Waals surface area contributed by atoms with Gasteiger partial charge in [-0.3, -0.25) is 18.7 Å². The SMILES string of the molecule is Cc1cc([C@@H]2c3c(n(C)c(=O)n(C)c3=O)N=C3c4ccccc4C(=O)[C@H]32)cc(C)c1C. The smallest absolute Gasteiger partial charge is 0.293 e. The average molecular weight is 413 g/mol. The van der Waals surface area contributed by atoms with Crippen LogP contribution in [0.2, 0.25) is 0 Å². The van der Waals surface area contributed by atoms with Crippen LogP contribution in [-0.2, 0) is 14.1 Å². The highest BCUT2D eigenvalue weighted by atomic mass is 16.2. The molecule has 0 fully saturated rings. The summed E-state index contributed by atoms with van der Waals surface area (Å²) in [5, 5.41) is 0. The van der Waals surface area contributed by atoms with E-state index >= 15 is 0 Å². The number of aromatic nitrogens is 2. The Morgan fingerprint density at radius 2 is 1.45 bits per heavy atom. The van der Waals surface area contributed by atoms with E-state index in [1.165, 1.54) is 17.2 Å². The molecule has 1 aliphatic carbocycles. The monoisotopic (exact) mass is 413 g/mol. The maximum absolute atomic E-state index is 13.6. The molecule has 0 saturated heterocycles. The highest BCUT2D eigenvalue weighted by Crippen LogP contribution is 2.46. The lowest BCUT2D eigenvalue weighted by molar-refractivity contribution is 0.0953. The largest absolute Gasteiger partial charge is 0.332 e. The van der Waals surface area contributed by atoms with Crippen LogP contribution in [0.25, 0.3) is 0 Å². The van der Waals surface area contributed by atoms with Crippen molar-refractivity contribution < 1.29 is 4.79 Å². The minimum absolute atomic E-state index is 0.0308. The van der Waals surface area contributed by atoms with Crippen molar-refractivity contribution in [1.29, 1.82) is 0 Å². The minimum atomic E-state index is -0.586. The number of Topliss-reactive ketones (excluding diaryl/α,β-unsaturated/α-hetero) is 1. The van der Waals surface area contributed by atoms with Gasteiger partial charge in [0.15, 0.2) is 5.78 Å². The molecule has 0 amide bonds. The zero-order valence-corrected chi connectivity index (χ0v) is 18.2. The van der Waals surface area contributed by atoms with E-state index < -0.39 is 23.1 Å². The minimum Gasteiger partial charge on any atom is -0.293 e. The molecule has 1 aromatic heterocycles. The molecule has 2 atom stereocenters. The second-order valence-corrected chi connectivity index (χ2v) is 8.58. The van der Waals surface area contributed by atoms with Gasteiger partial charge in [0.25, 0.3) is 5.56 Å². The number of benzene rings is 2. The molecule has 0 N–H and O–H groups in total. The van der Waals surface area contributed by atoms with E-state index in [9.17, 15) is 14.4 Å². The van der Waals surface area contributed by atoms with Crippen LogP contribution in [0.3, 0.4) is 0 Å². The molecule has 5 rings (SSSR count).